The molecule has 11 heteroatoms. The van der Waals surface area contributed by atoms with Gasteiger partial charge in [-0.15, -0.1) is 0 Å². The van der Waals surface area contributed by atoms with Crippen molar-refractivity contribution in [1.29, 1.82) is 0 Å². The highest BCUT2D eigenvalue weighted by Gasteiger charge is 2.30. The van der Waals surface area contributed by atoms with Crippen LogP contribution in [0.15, 0.2) is 30.3 Å². The number of aromatic nitrogens is 4. The molecule has 6 rings (SSSR count). The summed E-state index contributed by atoms with van der Waals surface area (Å²) < 4.78 is 41.5. The molecule has 0 spiro atoms. The van der Waals surface area contributed by atoms with Crippen molar-refractivity contribution in [2.45, 2.75) is 82.6 Å². The zero-order valence-electron chi connectivity index (χ0n) is 22.7. The van der Waals surface area contributed by atoms with Gasteiger partial charge in [-0.05, 0) is 56.6 Å². The van der Waals surface area contributed by atoms with Crippen LogP contribution in [0.5, 0.6) is 5.88 Å². The zero-order chi connectivity index (χ0) is 27.5. The van der Waals surface area contributed by atoms with E-state index in [0.717, 1.165) is 38.5 Å². The molecule has 0 amide bonds. The molecule has 1 aliphatic heterocycles. The van der Waals surface area contributed by atoms with Crippen molar-refractivity contribution < 1.29 is 23.4 Å². The monoisotopic (exact) mass is 556 g/mol. The lowest BCUT2D eigenvalue weighted by molar-refractivity contribution is 0.0183. The Morgan fingerprint density at radius 1 is 0.950 bits per heavy atom. The number of benzene rings is 1. The van der Waals surface area contributed by atoms with E-state index in [0.29, 0.717) is 61.0 Å². The Kier molecular flexibility index (Phi) is 8.40. The van der Waals surface area contributed by atoms with E-state index in [-0.39, 0.29) is 17.8 Å². The number of nitrogens with one attached hydrogen (secondary N) is 1. The molecule has 3 aromatic rings. The van der Waals surface area contributed by atoms with Crippen LogP contribution in [0, 0.1) is 5.92 Å². The number of imidazole rings is 1. The second-order valence-electron chi connectivity index (χ2n) is 11.2. The molecule has 40 heavy (non-hydrogen) atoms. The van der Waals surface area contributed by atoms with Crippen molar-refractivity contribution in [2.24, 2.45) is 5.92 Å². The summed E-state index contributed by atoms with van der Waals surface area (Å²) in [4.78, 5) is 15.6. The van der Waals surface area contributed by atoms with Crippen molar-refractivity contribution in [3.05, 3.63) is 36.2 Å². The number of rotatable bonds is 8. The maximum atomic E-state index is 14.1. The molecule has 1 aromatic carbocycles. The molecular weight excluding hydrogens is 518 g/mol. The quantitative estimate of drug-likeness (QED) is 0.383. The second-order valence-corrected chi connectivity index (χ2v) is 11.2. The normalized spacial score (nSPS) is 23.6. The fraction of sp³-hybridized carbons (Fsp3) is 0.621. The van der Waals surface area contributed by atoms with Crippen LogP contribution in [0.25, 0.3) is 16.9 Å². The molecule has 9 nitrogen and oxygen atoms in total. The van der Waals surface area contributed by atoms with Crippen LogP contribution < -0.4 is 15.0 Å². The summed E-state index contributed by atoms with van der Waals surface area (Å²) in [5, 5.41) is 14.3. The van der Waals surface area contributed by atoms with Crippen molar-refractivity contribution >= 4 is 17.0 Å². The van der Waals surface area contributed by atoms with E-state index in [1.165, 1.54) is 23.8 Å². The van der Waals surface area contributed by atoms with Gasteiger partial charge >= 0.3 is 0 Å². The lowest BCUT2D eigenvalue weighted by Crippen LogP contribution is -2.45. The van der Waals surface area contributed by atoms with Crippen LogP contribution in [0.4, 0.5) is 14.7 Å². The highest BCUT2D eigenvalue weighted by molar-refractivity contribution is 5.78. The number of fused-ring (bicyclic) bond motifs is 1. The Hall–Kier alpha value is -2.89. The van der Waals surface area contributed by atoms with E-state index in [4.69, 9.17) is 19.4 Å². The maximum absolute atomic E-state index is 14.1. The van der Waals surface area contributed by atoms with Crippen LogP contribution >= 0.6 is 0 Å². The Morgan fingerprint density at radius 2 is 1.70 bits per heavy atom. The lowest BCUT2D eigenvalue weighted by atomic mass is 9.85. The Morgan fingerprint density at radius 3 is 2.45 bits per heavy atom. The average Bonchev–Trinajstić information content (AvgIpc) is 3.39. The smallest absolute Gasteiger partial charge is 0.296 e. The topological polar surface area (TPSA) is 97.6 Å². The molecule has 3 heterocycles. The fourth-order valence-corrected chi connectivity index (χ4v) is 6.25. The zero-order valence-corrected chi connectivity index (χ0v) is 22.7. The van der Waals surface area contributed by atoms with Gasteiger partial charge in [0.25, 0.3) is 6.43 Å². The van der Waals surface area contributed by atoms with Crippen molar-refractivity contribution in [3.63, 3.8) is 0 Å². The first-order chi connectivity index (χ1) is 19.5. The molecule has 1 unspecified atom stereocenters. The molecule has 2 N–H and O–H groups in total. The van der Waals surface area contributed by atoms with Crippen LogP contribution in [0.1, 0.15) is 70.0 Å². The lowest BCUT2D eigenvalue weighted by Gasteiger charge is -2.34. The predicted octanol–water partition coefficient (Wildman–Crippen LogP) is 4.77. The summed E-state index contributed by atoms with van der Waals surface area (Å²) >= 11 is 0. The minimum atomic E-state index is -2.78. The number of nitrogens with zero attached hydrogens (tertiary/aromatic N) is 5. The molecule has 1 saturated heterocycles. The molecule has 1 atom stereocenters. The van der Waals surface area contributed by atoms with Crippen LogP contribution in [-0.2, 0) is 4.74 Å². The SMILES string of the molecule is OC(NC1CCCCC1)[C@H]1CC[C@H](Oc2cc(-n3c(C(F)F)nc4ccccc43)nc(N3CCOCC3)n2)CC1. The highest BCUT2D eigenvalue weighted by atomic mass is 19.3. The number of aliphatic hydroxyl groups excluding tert-OH is 1. The average molecular weight is 557 g/mol. The standard InChI is InChI=1S/C29H38F2N6O3/c30-26(31)27-33-22-8-4-5-9-23(22)37(27)24-18-25(35-29(34-24)36-14-16-39-17-15-36)40-21-12-10-19(11-13-21)28(38)32-20-6-2-1-3-7-20/h4-5,8-9,18-21,26,28,32,38H,1-3,6-7,10-17H2/t19-,21-,28?. The van der Waals surface area contributed by atoms with Gasteiger partial charge in [-0.1, -0.05) is 31.4 Å². The van der Waals surface area contributed by atoms with Crippen molar-refractivity contribution in [2.75, 3.05) is 31.2 Å². The van der Waals surface area contributed by atoms with Crippen LogP contribution in [-0.4, -0.2) is 69.3 Å². The first-order valence-electron chi connectivity index (χ1n) is 14.6. The van der Waals surface area contributed by atoms with E-state index in [2.05, 4.69) is 10.3 Å². The predicted molar refractivity (Wildman–Crippen MR) is 147 cm³/mol. The Balaban J connectivity index is 1.22. The number of hydrogen-bond acceptors (Lipinski definition) is 8. The molecule has 3 fully saturated rings. The molecule has 2 aromatic heterocycles. The number of ether oxygens (including phenoxy) is 2. The first-order valence-corrected chi connectivity index (χ1v) is 14.6. The van der Waals surface area contributed by atoms with Gasteiger partial charge in [0.2, 0.25) is 11.8 Å². The molecule has 2 aliphatic carbocycles. The molecule has 216 valence electrons. The molecule has 2 saturated carbocycles. The summed E-state index contributed by atoms with van der Waals surface area (Å²) in [7, 11) is 0. The van der Waals surface area contributed by atoms with Gasteiger partial charge in [-0.3, -0.25) is 9.88 Å². The number of morpholine rings is 1. The molecule has 0 bridgehead atoms. The minimum absolute atomic E-state index is 0.0764. The van der Waals surface area contributed by atoms with E-state index >= 15 is 0 Å². The van der Waals surface area contributed by atoms with Crippen molar-refractivity contribution in [1.82, 2.24) is 24.8 Å². The first kappa shape index (κ1) is 27.3. The van der Waals surface area contributed by atoms with Gasteiger partial charge < -0.3 is 19.5 Å². The van der Waals surface area contributed by atoms with Gasteiger partial charge in [0.1, 0.15) is 18.1 Å². The highest BCUT2D eigenvalue weighted by Crippen LogP contribution is 2.33. The van der Waals surface area contributed by atoms with E-state index in [1.54, 1.807) is 30.3 Å². The number of aliphatic hydroxyl groups is 1. The number of alkyl halides is 2. The summed E-state index contributed by atoms with van der Waals surface area (Å²) in [5.74, 6) is 0.913. The third kappa shape index (κ3) is 6.06. The van der Waals surface area contributed by atoms with Gasteiger partial charge in [-0.2, -0.15) is 9.97 Å². The molecule has 3 aliphatic rings. The summed E-state index contributed by atoms with van der Waals surface area (Å²) in [6, 6.07) is 9.10. The van der Waals surface area contributed by atoms with Gasteiger partial charge in [0, 0.05) is 25.2 Å². The Bertz CT molecular complexity index is 1270. The summed E-state index contributed by atoms with van der Waals surface area (Å²) in [5.41, 5.74) is 1.03. The minimum Gasteiger partial charge on any atom is -0.474 e. The third-order valence-electron chi connectivity index (χ3n) is 8.45. The second kappa shape index (κ2) is 12.3. The van der Waals surface area contributed by atoms with Gasteiger partial charge in [0.05, 0.1) is 24.2 Å². The number of hydrogen-bond donors (Lipinski definition) is 2. The van der Waals surface area contributed by atoms with Crippen LogP contribution in [0.3, 0.4) is 0 Å². The van der Waals surface area contributed by atoms with E-state index in [1.807, 2.05) is 4.90 Å². The van der Waals surface area contributed by atoms with Crippen LogP contribution in [0.2, 0.25) is 0 Å². The number of anilines is 1. The third-order valence-corrected chi connectivity index (χ3v) is 8.45. The van der Waals surface area contributed by atoms with E-state index in [9.17, 15) is 13.9 Å². The van der Waals surface area contributed by atoms with E-state index < -0.39 is 12.7 Å². The van der Waals surface area contributed by atoms with Gasteiger partial charge in [0.15, 0.2) is 5.82 Å². The number of para-hydroxylation sites is 2. The summed E-state index contributed by atoms with van der Waals surface area (Å²) in [6.45, 7) is 2.29. The Labute approximate surface area is 232 Å². The fourth-order valence-electron chi connectivity index (χ4n) is 6.25. The van der Waals surface area contributed by atoms with Crippen molar-refractivity contribution in [3.8, 4) is 11.7 Å². The molecule has 0 radical (unpaired) electrons. The molecular formula is C29H38F2N6O3. The summed E-state index contributed by atoms with van der Waals surface area (Å²) in [6.07, 6.45) is 5.94. The number of halogens is 2. The van der Waals surface area contributed by atoms with Gasteiger partial charge in [-0.25, -0.2) is 13.8 Å². The maximum Gasteiger partial charge on any atom is 0.296 e. The largest absolute Gasteiger partial charge is 0.474 e.